The summed E-state index contributed by atoms with van der Waals surface area (Å²) in [4.78, 5) is 10.4. The molecule has 0 atom stereocenters. The molecule has 2 heterocycles. The average molecular weight is 1140 g/mol. The molecule has 4 nitrogen and oxygen atoms in total. The van der Waals surface area contributed by atoms with E-state index in [0.29, 0.717) is 67.2 Å². The SMILES string of the molecule is [2H]C([2H])([2H])c1cc(-n2c(-c3cc(C(C)C)cc(C(C)C)c3O)nc3c(-c4[c-]c(-c5cc(-c6ccc(C(C([2H])([2H])[2H])(C([2H])([2H])[2H])C([2H])([2H])[2H])cc6)ccn5)cc(C(C)(C)C)c4)cccc32)c(-c2ccccc2)cc1-c1ccc(C(C)(C)C)cc1.[Pt]. The summed E-state index contributed by atoms with van der Waals surface area (Å²) in [5.74, 6) is 0.502. The number of rotatable bonds is 9. The monoisotopic (exact) mass is 1140 g/mol. The second-order valence-electron chi connectivity index (χ2n) is 21.6. The summed E-state index contributed by atoms with van der Waals surface area (Å²) in [7, 11) is 0. The number of pyridine rings is 1. The van der Waals surface area contributed by atoms with Gasteiger partial charge in [-0.05, 0) is 121 Å². The minimum Gasteiger partial charge on any atom is -0.507 e. The molecule has 5 heteroatoms. The number of phenols is 1. The van der Waals surface area contributed by atoms with E-state index in [4.69, 9.17) is 26.4 Å². The maximum Gasteiger partial charge on any atom is 0.148 e. The molecule has 0 spiro atoms. The minimum absolute atomic E-state index is 0. The van der Waals surface area contributed by atoms with Gasteiger partial charge in [-0.15, -0.1) is 29.3 Å². The van der Waals surface area contributed by atoms with Crippen LogP contribution in [0.4, 0.5) is 0 Å². The molecule has 0 aliphatic carbocycles. The van der Waals surface area contributed by atoms with Crippen LogP contribution in [-0.2, 0) is 37.3 Å². The molecule has 0 saturated heterocycles. The van der Waals surface area contributed by atoms with E-state index in [1.807, 2.05) is 109 Å². The first kappa shape index (κ1) is 38.3. The third-order valence-corrected chi connectivity index (χ3v) is 13.6. The van der Waals surface area contributed by atoms with Crippen molar-refractivity contribution in [3.05, 3.63) is 191 Å². The van der Waals surface area contributed by atoms with Crippen molar-refractivity contribution in [2.75, 3.05) is 0 Å². The van der Waals surface area contributed by atoms with Gasteiger partial charge in [0, 0.05) is 55.0 Å². The van der Waals surface area contributed by atoms with Crippen LogP contribution in [-0.4, -0.2) is 19.6 Å². The number of para-hydroxylation sites is 1. The van der Waals surface area contributed by atoms with Gasteiger partial charge in [0.1, 0.15) is 11.6 Å². The van der Waals surface area contributed by atoms with Gasteiger partial charge in [-0.3, -0.25) is 9.55 Å². The summed E-state index contributed by atoms with van der Waals surface area (Å²) in [6.07, 6.45) is 1.63. The summed E-state index contributed by atoms with van der Waals surface area (Å²) >= 11 is 0. The van der Waals surface area contributed by atoms with Crippen LogP contribution in [0.5, 0.6) is 5.75 Å². The molecular formula is C67H70N3OPt-. The number of aromatic hydroxyl groups is 1. The number of imidazole rings is 1. The van der Waals surface area contributed by atoms with Gasteiger partial charge in [-0.25, -0.2) is 4.98 Å². The zero-order valence-corrected chi connectivity index (χ0v) is 45.0. The number of phenolic OH excluding ortho intramolecular Hbond substituents is 1. The molecule has 0 saturated carbocycles. The van der Waals surface area contributed by atoms with Crippen LogP contribution >= 0.6 is 0 Å². The summed E-state index contributed by atoms with van der Waals surface area (Å²) in [5.41, 5.74) is 8.91. The van der Waals surface area contributed by atoms with Gasteiger partial charge in [0.2, 0.25) is 0 Å². The topological polar surface area (TPSA) is 50.9 Å². The fraction of sp³-hybridized carbons (Fsp3) is 0.284. The Balaban J connectivity index is 0.00000920. The molecule has 1 N–H and O–H groups in total. The van der Waals surface area contributed by atoms with Crippen molar-refractivity contribution in [3.63, 3.8) is 0 Å². The van der Waals surface area contributed by atoms with Gasteiger partial charge < -0.3 is 5.11 Å². The molecule has 0 aliphatic heterocycles. The van der Waals surface area contributed by atoms with Crippen molar-refractivity contribution in [2.24, 2.45) is 0 Å². The Hall–Kier alpha value is -6.35. The van der Waals surface area contributed by atoms with Crippen LogP contribution in [0.25, 0.3) is 83.9 Å². The predicted octanol–water partition coefficient (Wildman–Crippen LogP) is 18.4. The molecular weight excluding hydrogens is 1060 g/mol. The Morgan fingerprint density at radius 2 is 1.19 bits per heavy atom. The zero-order valence-electron chi connectivity index (χ0n) is 54.7. The van der Waals surface area contributed by atoms with Crippen molar-refractivity contribution >= 4 is 11.0 Å². The van der Waals surface area contributed by atoms with E-state index in [0.717, 1.165) is 38.9 Å². The fourth-order valence-corrected chi connectivity index (χ4v) is 9.33. The molecule has 7 aromatic carbocycles. The maximum absolute atomic E-state index is 12.6. The van der Waals surface area contributed by atoms with E-state index in [9.17, 15) is 5.11 Å². The Kier molecular flexibility index (Phi) is 10.6. The first-order valence-corrected chi connectivity index (χ1v) is 24.4. The van der Waals surface area contributed by atoms with Crippen molar-refractivity contribution in [2.45, 2.75) is 125 Å². The van der Waals surface area contributed by atoms with Crippen LogP contribution in [0.15, 0.2) is 152 Å². The molecule has 370 valence electrons. The second-order valence-corrected chi connectivity index (χ2v) is 21.6. The number of aryl methyl sites for hydroxylation is 1. The molecule has 72 heavy (non-hydrogen) atoms. The van der Waals surface area contributed by atoms with Crippen LogP contribution < -0.4 is 0 Å². The molecule has 9 aromatic rings. The van der Waals surface area contributed by atoms with Crippen LogP contribution in [0.3, 0.4) is 0 Å². The number of aromatic nitrogens is 3. The third kappa shape index (κ3) is 10.3. The van der Waals surface area contributed by atoms with Gasteiger partial charge in [0.25, 0.3) is 0 Å². The first-order chi connectivity index (χ1) is 38.5. The van der Waals surface area contributed by atoms with Crippen LogP contribution in [0.1, 0.15) is 151 Å². The third-order valence-electron chi connectivity index (χ3n) is 13.6. The Morgan fingerprint density at radius 3 is 1.82 bits per heavy atom. The molecule has 0 fully saturated rings. The number of nitrogens with zero attached hydrogens (tertiary/aromatic N) is 3. The summed E-state index contributed by atoms with van der Waals surface area (Å²) in [5, 5.41) is 12.6. The summed E-state index contributed by atoms with van der Waals surface area (Å²) in [6, 6.07) is 48.7. The predicted molar refractivity (Wildman–Crippen MR) is 301 cm³/mol. The number of hydrogen-bond acceptors (Lipinski definition) is 3. The van der Waals surface area contributed by atoms with Gasteiger partial charge in [-0.2, -0.15) is 0 Å². The zero-order chi connectivity index (χ0) is 60.7. The van der Waals surface area contributed by atoms with Crippen molar-refractivity contribution in [1.82, 2.24) is 14.5 Å². The molecule has 9 rings (SSSR count). The van der Waals surface area contributed by atoms with Crippen molar-refractivity contribution in [3.8, 4) is 78.6 Å². The summed E-state index contributed by atoms with van der Waals surface area (Å²) in [6.45, 7) is 8.30. The number of hydrogen-bond donors (Lipinski definition) is 1. The maximum atomic E-state index is 12.6. The fourth-order valence-electron chi connectivity index (χ4n) is 9.33. The quantitative estimate of drug-likeness (QED) is 0.147. The number of fused-ring (bicyclic) bond motifs is 1. The van der Waals surface area contributed by atoms with Gasteiger partial charge in [-0.1, -0.05) is 204 Å². The normalized spacial score (nSPS) is 15.4. The van der Waals surface area contributed by atoms with Crippen LogP contribution in [0.2, 0.25) is 0 Å². The van der Waals surface area contributed by atoms with E-state index in [2.05, 4.69) is 79.7 Å². The van der Waals surface area contributed by atoms with Crippen molar-refractivity contribution < 1.29 is 42.6 Å². The molecule has 0 radical (unpaired) electrons. The van der Waals surface area contributed by atoms with E-state index < -0.39 is 38.2 Å². The van der Waals surface area contributed by atoms with Crippen LogP contribution in [0, 0.1) is 12.9 Å². The molecule has 0 amide bonds. The molecule has 2 aromatic heterocycles. The first-order valence-electron chi connectivity index (χ1n) is 30.4. The average Bonchev–Trinajstić information content (AvgIpc) is 1.04. The number of benzene rings is 7. The smallest absolute Gasteiger partial charge is 0.148 e. The summed E-state index contributed by atoms with van der Waals surface area (Å²) < 4.78 is 104. The molecule has 0 aliphatic rings. The molecule has 0 unspecified atom stereocenters. The van der Waals surface area contributed by atoms with Crippen molar-refractivity contribution in [1.29, 1.82) is 0 Å². The Morgan fingerprint density at radius 1 is 0.556 bits per heavy atom. The Labute approximate surface area is 460 Å². The van der Waals surface area contributed by atoms with Gasteiger partial charge in [0.15, 0.2) is 0 Å². The van der Waals surface area contributed by atoms with Gasteiger partial charge >= 0.3 is 0 Å². The van der Waals surface area contributed by atoms with E-state index in [-0.39, 0.29) is 55.2 Å². The van der Waals surface area contributed by atoms with Gasteiger partial charge in [0.05, 0.1) is 22.3 Å². The van der Waals surface area contributed by atoms with E-state index in [1.165, 1.54) is 24.3 Å². The van der Waals surface area contributed by atoms with E-state index in [1.54, 1.807) is 18.3 Å². The standard InChI is InChI=1S/C67H70N3O.Pt/c1-41(2)48-37-55(42(3)4)63(71)58(38-48)64-69-62-54(49-34-50(36-53(35-49)67(12,13)14)59-39-47(31-32-68-59)44-23-27-51(28-24-44)65(6,7)8)21-18-22-60(62)70(64)61-33-43(5)56(40-57(61)45-19-16-15-17-20-45)46-25-29-52(30-26-46)66(9,10)11;/h15-33,35-42,71H,1-14H3;/q-1;/i5D3,6D3,7D3,8D3;. The van der Waals surface area contributed by atoms with E-state index >= 15 is 0 Å². The molecule has 0 bridgehead atoms. The largest absolute Gasteiger partial charge is 0.507 e. The Bertz CT molecular complexity index is 3840. The second kappa shape index (κ2) is 19.9. The minimum atomic E-state index is -3.40.